The molecule has 1 unspecified atom stereocenters. The maximum Gasteiger partial charge on any atom is 0.253 e. The molecule has 1 atom stereocenters. The second-order valence-electron chi connectivity index (χ2n) is 5.56. The molecule has 1 saturated heterocycles. The molecule has 0 aliphatic carbocycles. The molecule has 1 aromatic rings. The van der Waals surface area contributed by atoms with Crippen LogP contribution in [0.15, 0.2) is 18.2 Å². The fourth-order valence-electron chi connectivity index (χ4n) is 2.84. The van der Waals surface area contributed by atoms with E-state index in [2.05, 4.69) is 0 Å². The summed E-state index contributed by atoms with van der Waals surface area (Å²) in [5, 5.41) is 0. The third-order valence-electron chi connectivity index (χ3n) is 4.19. The van der Waals surface area contributed by atoms with E-state index in [9.17, 15) is 4.79 Å². The van der Waals surface area contributed by atoms with Crippen molar-refractivity contribution in [3.8, 4) is 11.5 Å². The maximum absolute atomic E-state index is 12.5. The van der Waals surface area contributed by atoms with Crippen LogP contribution in [0.3, 0.4) is 0 Å². The Morgan fingerprint density at radius 3 is 2.62 bits per heavy atom. The second-order valence-corrected chi connectivity index (χ2v) is 5.56. The fourth-order valence-corrected chi connectivity index (χ4v) is 2.84. The number of nitrogens with zero attached hydrogens (tertiary/aromatic N) is 1. The van der Waals surface area contributed by atoms with Crippen LogP contribution in [0.1, 0.15) is 30.1 Å². The lowest BCUT2D eigenvalue weighted by Crippen LogP contribution is -2.42. The molecule has 1 fully saturated rings. The number of nitrogens with two attached hydrogens (primary N) is 1. The van der Waals surface area contributed by atoms with Crippen molar-refractivity contribution < 1.29 is 14.3 Å². The Labute approximate surface area is 130 Å². The van der Waals surface area contributed by atoms with Gasteiger partial charge in [0, 0.05) is 24.7 Å². The van der Waals surface area contributed by atoms with Gasteiger partial charge in [-0.05, 0) is 43.9 Å². The molecule has 1 aromatic carbocycles. The van der Waals surface area contributed by atoms with E-state index >= 15 is 0 Å². The smallest absolute Gasteiger partial charge is 0.253 e. The van der Waals surface area contributed by atoms with Crippen LogP contribution in [-0.4, -0.2) is 36.7 Å². The first kappa shape index (κ1) is 15.9. The Balaban J connectivity index is 0.00000161. The minimum absolute atomic E-state index is 0. The molecule has 2 aliphatic heterocycles. The van der Waals surface area contributed by atoms with Crippen LogP contribution in [0, 0.1) is 5.92 Å². The summed E-state index contributed by atoms with van der Waals surface area (Å²) in [7, 11) is 0. The van der Waals surface area contributed by atoms with E-state index in [-0.39, 0.29) is 31.1 Å². The van der Waals surface area contributed by atoms with Gasteiger partial charge in [0.15, 0.2) is 11.5 Å². The van der Waals surface area contributed by atoms with Gasteiger partial charge < -0.3 is 20.1 Å². The van der Waals surface area contributed by atoms with Crippen molar-refractivity contribution in [3.05, 3.63) is 23.8 Å². The molecule has 0 saturated carbocycles. The Morgan fingerprint density at radius 1 is 1.29 bits per heavy atom. The molecule has 21 heavy (non-hydrogen) atoms. The Hall–Kier alpha value is -1.46. The van der Waals surface area contributed by atoms with Crippen molar-refractivity contribution in [2.24, 2.45) is 11.7 Å². The van der Waals surface area contributed by atoms with Gasteiger partial charge in [-0.2, -0.15) is 0 Å². The zero-order chi connectivity index (χ0) is 14.1. The summed E-state index contributed by atoms with van der Waals surface area (Å²) in [6, 6.07) is 5.57. The van der Waals surface area contributed by atoms with Crippen molar-refractivity contribution in [2.45, 2.75) is 25.8 Å². The first-order chi connectivity index (χ1) is 9.65. The first-order valence-corrected chi connectivity index (χ1v) is 7.09. The molecule has 0 aromatic heterocycles. The highest BCUT2D eigenvalue weighted by molar-refractivity contribution is 5.95. The largest absolute Gasteiger partial charge is 0.454 e. The molecule has 5 nitrogen and oxygen atoms in total. The van der Waals surface area contributed by atoms with Gasteiger partial charge in [0.05, 0.1) is 0 Å². The lowest BCUT2D eigenvalue weighted by atomic mass is 9.90. The van der Waals surface area contributed by atoms with Crippen molar-refractivity contribution >= 4 is 18.3 Å². The molecule has 0 radical (unpaired) electrons. The van der Waals surface area contributed by atoms with Gasteiger partial charge in [-0.15, -0.1) is 12.4 Å². The number of piperidine rings is 1. The summed E-state index contributed by atoms with van der Waals surface area (Å²) in [6.45, 7) is 3.83. The quantitative estimate of drug-likeness (QED) is 0.907. The molecule has 0 bridgehead atoms. The summed E-state index contributed by atoms with van der Waals surface area (Å²) in [6.07, 6.45) is 1.96. The van der Waals surface area contributed by atoms with Crippen molar-refractivity contribution in [3.63, 3.8) is 0 Å². The molecular formula is C15H21ClN2O3. The van der Waals surface area contributed by atoms with Crippen LogP contribution >= 0.6 is 12.4 Å². The zero-order valence-corrected chi connectivity index (χ0v) is 12.9. The van der Waals surface area contributed by atoms with E-state index in [1.54, 1.807) is 18.2 Å². The van der Waals surface area contributed by atoms with E-state index in [0.29, 0.717) is 23.0 Å². The van der Waals surface area contributed by atoms with Gasteiger partial charge in [-0.3, -0.25) is 4.79 Å². The maximum atomic E-state index is 12.5. The van der Waals surface area contributed by atoms with Crippen molar-refractivity contribution in [1.82, 2.24) is 4.90 Å². The van der Waals surface area contributed by atoms with E-state index in [4.69, 9.17) is 15.2 Å². The number of hydrogen-bond donors (Lipinski definition) is 1. The molecule has 2 aliphatic rings. The first-order valence-electron chi connectivity index (χ1n) is 7.09. The molecule has 1 amide bonds. The number of likely N-dealkylation sites (tertiary alicyclic amines) is 1. The predicted octanol–water partition coefficient (Wildman–Crippen LogP) is 2.04. The summed E-state index contributed by atoms with van der Waals surface area (Å²) in [5.74, 6) is 1.95. The van der Waals surface area contributed by atoms with Crippen LogP contribution in [-0.2, 0) is 0 Å². The van der Waals surface area contributed by atoms with Crippen LogP contribution in [0.2, 0.25) is 0 Å². The number of rotatable bonds is 2. The standard InChI is InChI=1S/C15H20N2O3.ClH/c1-10(16)11-4-6-17(7-5-11)15(18)12-2-3-13-14(8-12)20-9-19-13;/h2-3,8,10-11H,4-7,9,16H2,1H3;1H. The van der Waals surface area contributed by atoms with Gasteiger partial charge in [0.1, 0.15) is 0 Å². The van der Waals surface area contributed by atoms with Gasteiger partial charge in [-0.25, -0.2) is 0 Å². The summed E-state index contributed by atoms with van der Waals surface area (Å²) in [4.78, 5) is 14.4. The van der Waals surface area contributed by atoms with Crippen molar-refractivity contribution in [2.75, 3.05) is 19.9 Å². The highest BCUT2D eigenvalue weighted by Crippen LogP contribution is 2.33. The topological polar surface area (TPSA) is 64.8 Å². The SMILES string of the molecule is CC(N)C1CCN(C(=O)c2ccc3c(c2)OCO3)CC1.Cl. The number of ether oxygens (including phenoxy) is 2. The number of hydrogen-bond acceptors (Lipinski definition) is 4. The Morgan fingerprint density at radius 2 is 1.95 bits per heavy atom. The monoisotopic (exact) mass is 312 g/mol. The van der Waals surface area contributed by atoms with Gasteiger partial charge in [-0.1, -0.05) is 0 Å². The molecule has 0 spiro atoms. The highest BCUT2D eigenvalue weighted by Gasteiger charge is 2.26. The average Bonchev–Trinajstić information content (AvgIpc) is 2.94. The lowest BCUT2D eigenvalue weighted by molar-refractivity contribution is 0.0680. The van der Waals surface area contributed by atoms with E-state index in [1.807, 2.05) is 11.8 Å². The Bertz CT molecular complexity index is 514. The van der Waals surface area contributed by atoms with Gasteiger partial charge in [0.2, 0.25) is 6.79 Å². The third kappa shape index (κ3) is 3.24. The normalized spacial score (nSPS) is 19.0. The number of halogens is 1. The zero-order valence-electron chi connectivity index (χ0n) is 12.1. The minimum Gasteiger partial charge on any atom is -0.454 e. The number of carbonyl (C=O) groups excluding carboxylic acids is 1. The van der Waals surface area contributed by atoms with E-state index < -0.39 is 0 Å². The number of carbonyl (C=O) groups is 1. The van der Waals surface area contributed by atoms with Crippen LogP contribution in [0.25, 0.3) is 0 Å². The second kappa shape index (κ2) is 6.54. The highest BCUT2D eigenvalue weighted by atomic mass is 35.5. The summed E-state index contributed by atoms with van der Waals surface area (Å²) < 4.78 is 10.6. The molecule has 2 N–H and O–H groups in total. The molecule has 2 heterocycles. The number of fused-ring (bicyclic) bond motifs is 1. The molecule has 6 heteroatoms. The fraction of sp³-hybridized carbons (Fsp3) is 0.533. The lowest BCUT2D eigenvalue weighted by Gasteiger charge is -2.33. The Kier molecular flexibility index (Phi) is 4.96. The van der Waals surface area contributed by atoms with E-state index in [1.165, 1.54) is 0 Å². The van der Waals surface area contributed by atoms with Crippen LogP contribution in [0.4, 0.5) is 0 Å². The number of amides is 1. The predicted molar refractivity (Wildman–Crippen MR) is 82.1 cm³/mol. The van der Waals surface area contributed by atoms with Crippen LogP contribution in [0.5, 0.6) is 11.5 Å². The van der Waals surface area contributed by atoms with Gasteiger partial charge in [0.25, 0.3) is 5.91 Å². The van der Waals surface area contributed by atoms with Crippen molar-refractivity contribution in [1.29, 1.82) is 0 Å². The summed E-state index contributed by atoms with van der Waals surface area (Å²) >= 11 is 0. The number of benzene rings is 1. The van der Waals surface area contributed by atoms with E-state index in [0.717, 1.165) is 25.9 Å². The summed E-state index contributed by atoms with van der Waals surface area (Å²) in [5.41, 5.74) is 6.59. The average molecular weight is 313 g/mol. The third-order valence-corrected chi connectivity index (χ3v) is 4.19. The molecule has 116 valence electrons. The van der Waals surface area contributed by atoms with Crippen LogP contribution < -0.4 is 15.2 Å². The molecule has 3 rings (SSSR count). The van der Waals surface area contributed by atoms with Gasteiger partial charge >= 0.3 is 0 Å². The minimum atomic E-state index is 0. The molecular weight excluding hydrogens is 292 g/mol.